The van der Waals surface area contributed by atoms with E-state index < -0.39 is 0 Å². The number of nitrogens with zero attached hydrogens (tertiary/aromatic N) is 1. The van der Waals surface area contributed by atoms with E-state index in [0.717, 1.165) is 0 Å². The number of likely N-dealkylation sites (tertiary alicyclic amines) is 1. The van der Waals surface area contributed by atoms with Crippen LogP contribution < -0.4 is 14.2 Å². The van der Waals surface area contributed by atoms with E-state index in [1.807, 2.05) is 0 Å². The number of para-hydroxylation sites is 1. The van der Waals surface area contributed by atoms with Crippen molar-refractivity contribution in [2.75, 3.05) is 33.9 Å². The van der Waals surface area contributed by atoms with Crippen molar-refractivity contribution in [2.45, 2.75) is 19.3 Å². The molecule has 1 aromatic carbocycles. The van der Waals surface area contributed by atoms with Gasteiger partial charge < -0.3 is 19.1 Å². The van der Waals surface area contributed by atoms with Gasteiger partial charge in [0.25, 0.3) is 0 Å². The van der Waals surface area contributed by atoms with Crippen LogP contribution in [0.25, 0.3) is 0 Å². The zero-order valence-electron chi connectivity index (χ0n) is 13.0. The third kappa shape index (κ3) is 3.90. The zero-order valence-corrected chi connectivity index (χ0v) is 13.0. The van der Waals surface area contributed by atoms with Gasteiger partial charge in [0.1, 0.15) is 5.78 Å². The van der Waals surface area contributed by atoms with Crippen LogP contribution in [0.3, 0.4) is 0 Å². The van der Waals surface area contributed by atoms with Gasteiger partial charge >= 0.3 is 0 Å². The SMILES string of the molecule is COc1cccc(OCCC(=O)N2CCC(=O)CC2)c1OC. The first-order chi connectivity index (χ1) is 10.7. The molecule has 0 N–H and O–H groups in total. The minimum absolute atomic E-state index is 0.00867. The van der Waals surface area contributed by atoms with Crippen LogP contribution in [0, 0.1) is 0 Å². The first kappa shape index (κ1) is 16.1. The minimum Gasteiger partial charge on any atom is -0.493 e. The fraction of sp³-hybridized carbons (Fsp3) is 0.500. The van der Waals surface area contributed by atoms with Crippen molar-refractivity contribution >= 4 is 11.7 Å². The summed E-state index contributed by atoms with van der Waals surface area (Å²) < 4.78 is 16.1. The number of amides is 1. The Balaban J connectivity index is 1.86. The van der Waals surface area contributed by atoms with Crippen LogP contribution in [0.4, 0.5) is 0 Å². The molecule has 6 heteroatoms. The molecule has 1 fully saturated rings. The van der Waals surface area contributed by atoms with E-state index in [2.05, 4.69) is 0 Å². The number of rotatable bonds is 6. The van der Waals surface area contributed by atoms with Crippen LogP contribution in [0.1, 0.15) is 19.3 Å². The Labute approximate surface area is 129 Å². The highest BCUT2D eigenvalue weighted by Crippen LogP contribution is 2.36. The van der Waals surface area contributed by atoms with Crippen LogP contribution in [0.15, 0.2) is 18.2 Å². The van der Waals surface area contributed by atoms with E-state index in [4.69, 9.17) is 14.2 Å². The molecule has 6 nitrogen and oxygen atoms in total. The molecule has 1 aromatic rings. The van der Waals surface area contributed by atoms with E-state index in [1.165, 1.54) is 0 Å². The first-order valence-corrected chi connectivity index (χ1v) is 7.29. The Hall–Kier alpha value is -2.24. The summed E-state index contributed by atoms with van der Waals surface area (Å²) in [5.41, 5.74) is 0. The third-order valence-corrected chi connectivity index (χ3v) is 3.61. The summed E-state index contributed by atoms with van der Waals surface area (Å²) in [5, 5.41) is 0. The number of carbonyl (C=O) groups excluding carboxylic acids is 2. The number of benzene rings is 1. The molecule has 0 spiro atoms. The summed E-state index contributed by atoms with van der Waals surface area (Å²) in [7, 11) is 3.10. The highest BCUT2D eigenvalue weighted by Gasteiger charge is 2.20. The topological polar surface area (TPSA) is 65.1 Å². The van der Waals surface area contributed by atoms with Gasteiger partial charge in [-0.1, -0.05) is 6.07 Å². The second kappa shape index (κ2) is 7.68. The van der Waals surface area contributed by atoms with Gasteiger partial charge in [0, 0.05) is 25.9 Å². The second-order valence-electron chi connectivity index (χ2n) is 5.01. The fourth-order valence-electron chi connectivity index (χ4n) is 2.38. The molecule has 1 heterocycles. The second-order valence-corrected chi connectivity index (χ2v) is 5.01. The number of methoxy groups -OCH3 is 2. The molecule has 2 rings (SSSR count). The lowest BCUT2D eigenvalue weighted by Gasteiger charge is -2.26. The lowest BCUT2D eigenvalue weighted by Crippen LogP contribution is -2.39. The normalized spacial score (nSPS) is 14.6. The molecule has 1 aliphatic rings. The largest absolute Gasteiger partial charge is 0.493 e. The number of Topliss-reactive ketones (excluding diaryl/α,β-unsaturated/α-hetero) is 1. The molecule has 0 aliphatic carbocycles. The Morgan fingerprint density at radius 2 is 1.82 bits per heavy atom. The van der Waals surface area contributed by atoms with Gasteiger partial charge in [0.05, 0.1) is 27.2 Å². The van der Waals surface area contributed by atoms with E-state index >= 15 is 0 Å². The molecule has 0 unspecified atom stereocenters. The summed E-state index contributed by atoms with van der Waals surface area (Å²) >= 11 is 0. The fourth-order valence-corrected chi connectivity index (χ4v) is 2.38. The van der Waals surface area contributed by atoms with E-state index in [0.29, 0.717) is 43.2 Å². The van der Waals surface area contributed by atoms with Gasteiger partial charge in [-0.2, -0.15) is 0 Å². The van der Waals surface area contributed by atoms with Crippen LogP contribution in [-0.2, 0) is 9.59 Å². The highest BCUT2D eigenvalue weighted by atomic mass is 16.5. The molecule has 1 saturated heterocycles. The summed E-state index contributed by atoms with van der Waals surface area (Å²) in [6.45, 7) is 1.28. The summed E-state index contributed by atoms with van der Waals surface area (Å²) in [6.07, 6.45) is 1.18. The lowest BCUT2D eigenvalue weighted by molar-refractivity contribution is -0.134. The van der Waals surface area contributed by atoms with E-state index in [9.17, 15) is 9.59 Å². The highest BCUT2D eigenvalue weighted by molar-refractivity contribution is 5.83. The molecule has 0 aromatic heterocycles. The maximum Gasteiger partial charge on any atom is 0.226 e. The molecule has 22 heavy (non-hydrogen) atoms. The number of ketones is 1. The minimum atomic E-state index is 0.00867. The average molecular weight is 307 g/mol. The molecule has 0 saturated carbocycles. The van der Waals surface area contributed by atoms with Gasteiger partial charge in [-0.3, -0.25) is 9.59 Å². The Morgan fingerprint density at radius 3 is 2.45 bits per heavy atom. The van der Waals surface area contributed by atoms with Crippen LogP contribution in [0.5, 0.6) is 17.2 Å². The third-order valence-electron chi connectivity index (χ3n) is 3.61. The monoisotopic (exact) mass is 307 g/mol. The molecular weight excluding hydrogens is 286 g/mol. The number of hydrogen-bond acceptors (Lipinski definition) is 5. The molecule has 1 amide bonds. The van der Waals surface area contributed by atoms with Crippen molar-refractivity contribution in [1.82, 2.24) is 4.90 Å². The van der Waals surface area contributed by atoms with E-state index in [-0.39, 0.29) is 24.7 Å². The maximum absolute atomic E-state index is 12.1. The van der Waals surface area contributed by atoms with E-state index in [1.54, 1.807) is 37.3 Å². The maximum atomic E-state index is 12.1. The molecule has 0 radical (unpaired) electrons. The van der Waals surface area contributed by atoms with Crippen molar-refractivity contribution in [1.29, 1.82) is 0 Å². The van der Waals surface area contributed by atoms with Crippen molar-refractivity contribution in [3.8, 4) is 17.2 Å². The number of carbonyl (C=O) groups is 2. The summed E-state index contributed by atoms with van der Waals surface area (Å²) in [6, 6.07) is 5.35. The van der Waals surface area contributed by atoms with Gasteiger partial charge in [-0.25, -0.2) is 0 Å². The van der Waals surface area contributed by atoms with Gasteiger partial charge in [0.15, 0.2) is 11.5 Å². The Bertz CT molecular complexity index is 533. The lowest BCUT2D eigenvalue weighted by atomic mass is 10.1. The van der Waals surface area contributed by atoms with Gasteiger partial charge in [-0.05, 0) is 12.1 Å². The smallest absolute Gasteiger partial charge is 0.226 e. The first-order valence-electron chi connectivity index (χ1n) is 7.29. The standard InChI is InChI=1S/C16H21NO5/c1-20-13-4-3-5-14(16(13)21-2)22-11-8-15(19)17-9-6-12(18)7-10-17/h3-5H,6-11H2,1-2H3. The van der Waals surface area contributed by atoms with Crippen LogP contribution in [0.2, 0.25) is 0 Å². The Morgan fingerprint density at radius 1 is 1.14 bits per heavy atom. The summed E-state index contributed by atoms with van der Waals surface area (Å²) in [5.74, 6) is 1.88. The predicted octanol–water partition coefficient (Wildman–Crippen LogP) is 1.66. The van der Waals surface area contributed by atoms with Crippen molar-refractivity contribution < 1.29 is 23.8 Å². The van der Waals surface area contributed by atoms with Gasteiger partial charge in [0.2, 0.25) is 11.7 Å². The van der Waals surface area contributed by atoms with Crippen molar-refractivity contribution in [3.05, 3.63) is 18.2 Å². The summed E-state index contributed by atoms with van der Waals surface area (Å²) in [4.78, 5) is 24.9. The molecule has 120 valence electrons. The molecule has 0 atom stereocenters. The van der Waals surface area contributed by atoms with Crippen molar-refractivity contribution in [2.24, 2.45) is 0 Å². The predicted molar refractivity (Wildman–Crippen MR) is 80.5 cm³/mol. The molecule has 0 bridgehead atoms. The number of ether oxygens (including phenoxy) is 3. The average Bonchev–Trinajstić information content (AvgIpc) is 2.55. The quantitative estimate of drug-likeness (QED) is 0.800. The van der Waals surface area contributed by atoms with Gasteiger partial charge in [-0.15, -0.1) is 0 Å². The van der Waals surface area contributed by atoms with Crippen LogP contribution in [-0.4, -0.2) is 50.5 Å². The zero-order chi connectivity index (χ0) is 15.9. The Kier molecular flexibility index (Phi) is 5.63. The molecular formula is C16H21NO5. The number of hydrogen-bond donors (Lipinski definition) is 0. The van der Waals surface area contributed by atoms with Crippen molar-refractivity contribution in [3.63, 3.8) is 0 Å². The number of piperidine rings is 1. The van der Waals surface area contributed by atoms with Crippen LogP contribution >= 0.6 is 0 Å². The molecule has 1 aliphatic heterocycles.